The molecule has 0 aliphatic carbocycles. The second-order valence-electron chi connectivity index (χ2n) is 3.67. The molecule has 0 heterocycles. The van der Waals surface area contributed by atoms with Gasteiger partial charge in [0, 0.05) is 26.2 Å². The van der Waals surface area contributed by atoms with Gasteiger partial charge in [0.1, 0.15) is 6.29 Å². The number of hydrogen-bond donors (Lipinski definition) is 0. The number of aldehydes is 1. The molecular formula is C12H17NO. The van der Waals surface area contributed by atoms with E-state index >= 15 is 0 Å². The van der Waals surface area contributed by atoms with E-state index in [-0.39, 0.29) is 0 Å². The maximum atomic E-state index is 10.4. The van der Waals surface area contributed by atoms with Crippen molar-refractivity contribution >= 4 is 12.0 Å². The predicted octanol–water partition coefficient (Wildman–Crippen LogP) is 2.19. The summed E-state index contributed by atoms with van der Waals surface area (Å²) in [5.41, 5.74) is 3.76. The van der Waals surface area contributed by atoms with Gasteiger partial charge in [-0.05, 0) is 30.5 Å². The monoisotopic (exact) mass is 191 g/mol. The van der Waals surface area contributed by atoms with Crippen LogP contribution in [0.1, 0.15) is 17.5 Å². The van der Waals surface area contributed by atoms with Crippen molar-refractivity contribution in [2.24, 2.45) is 0 Å². The molecule has 0 aliphatic rings. The fourth-order valence-electron chi connectivity index (χ4n) is 1.63. The second kappa shape index (κ2) is 4.80. The molecule has 1 aromatic rings. The van der Waals surface area contributed by atoms with E-state index in [1.54, 1.807) is 0 Å². The van der Waals surface area contributed by atoms with E-state index in [0.29, 0.717) is 6.42 Å². The zero-order valence-corrected chi connectivity index (χ0v) is 9.08. The van der Waals surface area contributed by atoms with E-state index in [1.165, 1.54) is 16.8 Å². The molecule has 0 fully saturated rings. The number of nitrogens with zero attached hydrogens (tertiary/aromatic N) is 1. The Labute approximate surface area is 85.5 Å². The van der Waals surface area contributed by atoms with Crippen molar-refractivity contribution in [2.45, 2.75) is 19.8 Å². The summed E-state index contributed by atoms with van der Waals surface area (Å²) in [6.45, 7) is 2.09. The van der Waals surface area contributed by atoms with Gasteiger partial charge < -0.3 is 9.69 Å². The Morgan fingerprint density at radius 3 is 2.64 bits per heavy atom. The Balaban J connectivity index is 3.02. The summed E-state index contributed by atoms with van der Waals surface area (Å²) in [5, 5.41) is 0. The Hall–Kier alpha value is -1.31. The van der Waals surface area contributed by atoms with E-state index in [9.17, 15) is 4.79 Å². The molecule has 0 aliphatic heterocycles. The summed E-state index contributed by atoms with van der Waals surface area (Å²) >= 11 is 0. The molecule has 0 atom stereocenters. The predicted molar refractivity (Wildman–Crippen MR) is 59.9 cm³/mol. The fraction of sp³-hybridized carbons (Fsp3) is 0.417. The zero-order chi connectivity index (χ0) is 10.6. The molecule has 0 radical (unpaired) electrons. The van der Waals surface area contributed by atoms with Crippen LogP contribution in [0.25, 0.3) is 0 Å². The standard InChI is InChI=1S/C12H17NO/c1-10-6-4-8-12(13(2)3)11(10)7-5-9-14/h4,6,8-9H,5,7H2,1-3H3. The van der Waals surface area contributed by atoms with E-state index in [1.807, 2.05) is 14.1 Å². The van der Waals surface area contributed by atoms with Crippen LogP contribution >= 0.6 is 0 Å². The summed E-state index contributed by atoms with van der Waals surface area (Å²) in [5.74, 6) is 0. The lowest BCUT2D eigenvalue weighted by molar-refractivity contribution is -0.107. The van der Waals surface area contributed by atoms with Crippen LogP contribution in [0.3, 0.4) is 0 Å². The molecule has 1 rings (SSSR count). The second-order valence-corrected chi connectivity index (χ2v) is 3.67. The van der Waals surface area contributed by atoms with Gasteiger partial charge in [-0.15, -0.1) is 0 Å². The topological polar surface area (TPSA) is 20.3 Å². The summed E-state index contributed by atoms with van der Waals surface area (Å²) in [7, 11) is 4.05. The molecule has 0 unspecified atom stereocenters. The van der Waals surface area contributed by atoms with Crippen LogP contribution < -0.4 is 4.90 Å². The lowest BCUT2D eigenvalue weighted by Crippen LogP contribution is -2.12. The van der Waals surface area contributed by atoms with Gasteiger partial charge in [0.25, 0.3) is 0 Å². The van der Waals surface area contributed by atoms with Gasteiger partial charge in [-0.2, -0.15) is 0 Å². The lowest BCUT2D eigenvalue weighted by atomic mass is 10.0. The number of benzene rings is 1. The van der Waals surface area contributed by atoms with Gasteiger partial charge in [0.05, 0.1) is 0 Å². The van der Waals surface area contributed by atoms with Crippen LogP contribution in [-0.2, 0) is 11.2 Å². The average Bonchev–Trinajstić information content (AvgIpc) is 2.15. The van der Waals surface area contributed by atoms with Gasteiger partial charge in [0.15, 0.2) is 0 Å². The molecule has 0 aromatic heterocycles. The molecule has 2 heteroatoms. The average molecular weight is 191 g/mol. The van der Waals surface area contributed by atoms with Gasteiger partial charge in [0.2, 0.25) is 0 Å². The van der Waals surface area contributed by atoms with E-state index in [0.717, 1.165) is 12.7 Å². The Morgan fingerprint density at radius 2 is 2.07 bits per heavy atom. The first-order chi connectivity index (χ1) is 6.66. The lowest BCUT2D eigenvalue weighted by Gasteiger charge is -2.18. The third kappa shape index (κ3) is 2.34. The Bertz CT molecular complexity index is 318. The number of anilines is 1. The molecule has 14 heavy (non-hydrogen) atoms. The number of aryl methyl sites for hydroxylation is 1. The highest BCUT2D eigenvalue weighted by atomic mass is 16.1. The third-order valence-electron chi connectivity index (χ3n) is 2.38. The summed E-state index contributed by atoms with van der Waals surface area (Å²) in [4.78, 5) is 12.4. The van der Waals surface area contributed by atoms with Crippen molar-refractivity contribution < 1.29 is 4.79 Å². The minimum atomic E-state index is 0.603. The van der Waals surface area contributed by atoms with Crippen LogP contribution in [0.15, 0.2) is 18.2 Å². The summed E-state index contributed by atoms with van der Waals surface area (Å²) in [6, 6.07) is 6.23. The van der Waals surface area contributed by atoms with Crippen molar-refractivity contribution in [1.82, 2.24) is 0 Å². The smallest absolute Gasteiger partial charge is 0.120 e. The molecule has 0 saturated heterocycles. The SMILES string of the molecule is Cc1cccc(N(C)C)c1CCC=O. The summed E-state index contributed by atoms with van der Waals surface area (Å²) < 4.78 is 0. The molecule has 76 valence electrons. The van der Waals surface area contributed by atoms with E-state index in [2.05, 4.69) is 30.0 Å². The maximum Gasteiger partial charge on any atom is 0.120 e. The van der Waals surface area contributed by atoms with Crippen molar-refractivity contribution in [1.29, 1.82) is 0 Å². The zero-order valence-electron chi connectivity index (χ0n) is 9.08. The molecule has 0 spiro atoms. The number of hydrogen-bond acceptors (Lipinski definition) is 2. The maximum absolute atomic E-state index is 10.4. The first-order valence-electron chi connectivity index (χ1n) is 4.86. The molecule has 0 N–H and O–H groups in total. The van der Waals surface area contributed by atoms with Gasteiger partial charge in [-0.1, -0.05) is 12.1 Å². The fourth-order valence-corrected chi connectivity index (χ4v) is 1.63. The van der Waals surface area contributed by atoms with Crippen molar-refractivity contribution in [3.05, 3.63) is 29.3 Å². The quantitative estimate of drug-likeness (QED) is 0.680. The van der Waals surface area contributed by atoms with E-state index in [4.69, 9.17) is 0 Å². The normalized spacial score (nSPS) is 9.93. The first-order valence-corrected chi connectivity index (χ1v) is 4.86. The highest BCUT2D eigenvalue weighted by molar-refractivity contribution is 5.58. The minimum absolute atomic E-state index is 0.603. The molecule has 1 aromatic carbocycles. The van der Waals surface area contributed by atoms with Crippen molar-refractivity contribution in [3.8, 4) is 0 Å². The van der Waals surface area contributed by atoms with Gasteiger partial charge >= 0.3 is 0 Å². The highest BCUT2D eigenvalue weighted by Gasteiger charge is 2.06. The molecule has 0 bridgehead atoms. The Kier molecular flexibility index (Phi) is 3.69. The van der Waals surface area contributed by atoms with Crippen LogP contribution in [0.2, 0.25) is 0 Å². The third-order valence-corrected chi connectivity index (χ3v) is 2.38. The number of rotatable bonds is 4. The highest BCUT2D eigenvalue weighted by Crippen LogP contribution is 2.22. The van der Waals surface area contributed by atoms with Crippen LogP contribution in [0, 0.1) is 6.92 Å². The van der Waals surface area contributed by atoms with Gasteiger partial charge in [-0.3, -0.25) is 0 Å². The van der Waals surface area contributed by atoms with Crippen LogP contribution in [0.5, 0.6) is 0 Å². The molecule has 2 nitrogen and oxygen atoms in total. The number of carbonyl (C=O) groups is 1. The molecular weight excluding hydrogens is 174 g/mol. The van der Waals surface area contributed by atoms with Gasteiger partial charge in [-0.25, -0.2) is 0 Å². The summed E-state index contributed by atoms with van der Waals surface area (Å²) in [6.07, 6.45) is 2.42. The molecule has 0 saturated carbocycles. The van der Waals surface area contributed by atoms with Crippen molar-refractivity contribution in [2.75, 3.05) is 19.0 Å². The molecule has 0 amide bonds. The largest absolute Gasteiger partial charge is 0.377 e. The first kappa shape index (κ1) is 10.8. The van der Waals surface area contributed by atoms with Crippen molar-refractivity contribution in [3.63, 3.8) is 0 Å². The minimum Gasteiger partial charge on any atom is -0.377 e. The Morgan fingerprint density at radius 1 is 1.36 bits per heavy atom. The van der Waals surface area contributed by atoms with E-state index < -0.39 is 0 Å². The number of carbonyl (C=O) groups excluding carboxylic acids is 1. The van der Waals surface area contributed by atoms with Crippen LogP contribution in [0.4, 0.5) is 5.69 Å². The van der Waals surface area contributed by atoms with Crippen LogP contribution in [-0.4, -0.2) is 20.4 Å².